The van der Waals surface area contributed by atoms with Gasteiger partial charge >= 0.3 is 17.9 Å². The second-order valence-electron chi connectivity index (χ2n) is 17.0. The summed E-state index contributed by atoms with van der Waals surface area (Å²) in [5.74, 6) is 0.777. The van der Waals surface area contributed by atoms with Crippen molar-refractivity contribution in [1.29, 1.82) is 0 Å². The Morgan fingerprint density at radius 2 is 0.623 bits per heavy atom. The molecule has 0 amide bonds. The third-order valence-corrected chi connectivity index (χ3v) is 10.5. The molecule has 0 aliphatic heterocycles. The molecule has 0 rings (SSSR count). The van der Waals surface area contributed by atoms with E-state index in [2.05, 4.69) is 34.6 Å². The van der Waals surface area contributed by atoms with Crippen molar-refractivity contribution in [1.82, 2.24) is 0 Å². The van der Waals surface area contributed by atoms with Crippen molar-refractivity contribution < 1.29 is 28.6 Å². The van der Waals surface area contributed by atoms with Gasteiger partial charge in [0.25, 0.3) is 0 Å². The zero-order valence-electron chi connectivity index (χ0n) is 36.1. The largest absolute Gasteiger partial charge is 0.462 e. The lowest BCUT2D eigenvalue weighted by Gasteiger charge is -2.18. The molecule has 314 valence electrons. The molecule has 0 saturated carbocycles. The Morgan fingerprint density at radius 3 is 0.925 bits per heavy atom. The highest BCUT2D eigenvalue weighted by Crippen LogP contribution is 2.17. The van der Waals surface area contributed by atoms with Crippen LogP contribution in [0.3, 0.4) is 0 Å². The van der Waals surface area contributed by atoms with Crippen LogP contribution < -0.4 is 0 Å². The average molecular weight is 751 g/mol. The van der Waals surface area contributed by atoms with Gasteiger partial charge in [-0.2, -0.15) is 0 Å². The highest BCUT2D eigenvalue weighted by molar-refractivity contribution is 5.71. The standard InChI is InChI=1S/C47H90O6/c1-6-7-8-9-20-27-32-37-45(48)51-40-44(41-52-46(49)38-33-28-23-19-18-22-26-31-36-43(4)5)53-47(50)39-34-29-24-17-15-13-11-10-12-14-16-21-25-30-35-42(2)3/h42-44H,6-41H2,1-5H3/t44-/m0/s1. The molecule has 0 unspecified atom stereocenters. The van der Waals surface area contributed by atoms with Gasteiger partial charge in [-0.05, 0) is 31.1 Å². The molecule has 0 aromatic heterocycles. The summed E-state index contributed by atoms with van der Waals surface area (Å²) in [5, 5.41) is 0. The maximum Gasteiger partial charge on any atom is 0.306 e. The van der Waals surface area contributed by atoms with Gasteiger partial charge in [-0.15, -0.1) is 0 Å². The van der Waals surface area contributed by atoms with Crippen LogP contribution in [0.2, 0.25) is 0 Å². The fourth-order valence-corrected chi connectivity index (χ4v) is 6.93. The molecular formula is C47H90O6. The van der Waals surface area contributed by atoms with Crippen molar-refractivity contribution in [3.05, 3.63) is 0 Å². The Bertz CT molecular complexity index is 809. The fraction of sp³-hybridized carbons (Fsp3) is 0.936. The molecule has 0 aromatic carbocycles. The molecule has 6 nitrogen and oxygen atoms in total. The SMILES string of the molecule is CCCCCCCCCC(=O)OC[C@@H](COC(=O)CCCCCCCCCCC(C)C)OC(=O)CCCCCCCCCCCCCCCCC(C)C. The summed E-state index contributed by atoms with van der Waals surface area (Å²) in [4.78, 5) is 37.6. The van der Waals surface area contributed by atoms with E-state index < -0.39 is 6.10 Å². The van der Waals surface area contributed by atoms with E-state index in [1.54, 1.807) is 0 Å². The summed E-state index contributed by atoms with van der Waals surface area (Å²) in [7, 11) is 0. The van der Waals surface area contributed by atoms with E-state index in [4.69, 9.17) is 14.2 Å². The van der Waals surface area contributed by atoms with Gasteiger partial charge in [-0.25, -0.2) is 0 Å². The van der Waals surface area contributed by atoms with Crippen LogP contribution in [-0.4, -0.2) is 37.2 Å². The monoisotopic (exact) mass is 751 g/mol. The molecule has 6 heteroatoms. The van der Waals surface area contributed by atoms with Gasteiger partial charge in [0.15, 0.2) is 6.10 Å². The van der Waals surface area contributed by atoms with E-state index in [0.29, 0.717) is 19.3 Å². The number of unbranched alkanes of at least 4 members (excludes halogenated alkanes) is 26. The van der Waals surface area contributed by atoms with Gasteiger partial charge in [0.05, 0.1) is 0 Å². The van der Waals surface area contributed by atoms with Gasteiger partial charge in [-0.3, -0.25) is 14.4 Å². The van der Waals surface area contributed by atoms with Crippen LogP contribution in [0.25, 0.3) is 0 Å². The van der Waals surface area contributed by atoms with Crippen LogP contribution in [0.5, 0.6) is 0 Å². The summed E-state index contributed by atoms with van der Waals surface area (Å²) in [6, 6.07) is 0. The third-order valence-electron chi connectivity index (χ3n) is 10.5. The minimum absolute atomic E-state index is 0.0655. The number of hydrogen-bond acceptors (Lipinski definition) is 6. The molecular weight excluding hydrogens is 661 g/mol. The van der Waals surface area contributed by atoms with Gasteiger partial charge in [-0.1, -0.05) is 214 Å². The fourth-order valence-electron chi connectivity index (χ4n) is 6.93. The number of ether oxygens (including phenoxy) is 3. The zero-order valence-corrected chi connectivity index (χ0v) is 36.1. The van der Waals surface area contributed by atoms with Crippen LogP contribution in [0.1, 0.15) is 253 Å². The first-order chi connectivity index (χ1) is 25.7. The van der Waals surface area contributed by atoms with Crippen LogP contribution in [0.4, 0.5) is 0 Å². The second-order valence-corrected chi connectivity index (χ2v) is 17.0. The molecule has 0 fully saturated rings. The molecule has 0 aliphatic carbocycles. The van der Waals surface area contributed by atoms with Gasteiger partial charge in [0, 0.05) is 19.3 Å². The van der Waals surface area contributed by atoms with E-state index >= 15 is 0 Å². The smallest absolute Gasteiger partial charge is 0.306 e. The Balaban J connectivity index is 4.23. The Morgan fingerprint density at radius 1 is 0.358 bits per heavy atom. The summed E-state index contributed by atoms with van der Waals surface area (Å²) >= 11 is 0. The number of carbonyl (C=O) groups is 3. The van der Waals surface area contributed by atoms with E-state index in [0.717, 1.165) is 69.6 Å². The van der Waals surface area contributed by atoms with Crippen molar-refractivity contribution in [3.63, 3.8) is 0 Å². The third kappa shape index (κ3) is 41.4. The Labute approximate surface area is 329 Å². The van der Waals surface area contributed by atoms with Crippen molar-refractivity contribution in [2.45, 2.75) is 259 Å². The van der Waals surface area contributed by atoms with Crippen LogP contribution in [0, 0.1) is 11.8 Å². The predicted molar refractivity (Wildman–Crippen MR) is 224 cm³/mol. The summed E-state index contributed by atoms with van der Waals surface area (Å²) in [6.45, 7) is 11.3. The Hall–Kier alpha value is -1.59. The average Bonchev–Trinajstić information content (AvgIpc) is 3.12. The molecule has 0 radical (unpaired) electrons. The molecule has 0 spiro atoms. The summed E-state index contributed by atoms with van der Waals surface area (Å²) in [6.07, 6.45) is 38.2. The highest BCUT2D eigenvalue weighted by atomic mass is 16.6. The zero-order chi connectivity index (χ0) is 39.0. The van der Waals surface area contributed by atoms with E-state index in [-0.39, 0.29) is 31.1 Å². The molecule has 0 saturated heterocycles. The molecule has 0 aromatic rings. The number of hydrogen-bond donors (Lipinski definition) is 0. The topological polar surface area (TPSA) is 78.9 Å². The molecule has 1 atom stereocenters. The number of rotatable bonds is 41. The van der Waals surface area contributed by atoms with Crippen molar-refractivity contribution in [2.75, 3.05) is 13.2 Å². The summed E-state index contributed by atoms with van der Waals surface area (Å²) < 4.78 is 16.7. The van der Waals surface area contributed by atoms with Crippen molar-refractivity contribution in [3.8, 4) is 0 Å². The maximum absolute atomic E-state index is 12.7. The number of carbonyl (C=O) groups excluding carboxylic acids is 3. The van der Waals surface area contributed by atoms with Crippen molar-refractivity contribution >= 4 is 17.9 Å². The van der Waals surface area contributed by atoms with Crippen LogP contribution >= 0.6 is 0 Å². The Kier molecular flexibility index (Phi) is 38.9. The lowest BCUT2D eigenvalue weighted by molar-refractivity contribution is -0.167. The lowest BCUT2D eigenvalue weighted by atomic mass is 10.0. The van der Waals surface area contributed by atoms with E-state index in [1.165, 1.54) is 141 Å². The molecule has 0 N–H and O–H groups in total. The van der Waals surface area contributed by atoms with Gasteiger partial charge in [0.1, 0.15) is 13.2 Å². The normalized spacial score (nSPS) is 12.1. The number of esters is 3. The van der Waals surface area contributed by atoms with E-state index in [1.807, 2.05) is 0 Å². The van der Waals surface area contributed by atoms with Gasteiger partial charge in [0.2, 0.25) is 0 Å². The van der Waals surface area contributed by atoms with E-state index in [9.17, 15) is 14.4 Å². The first-order valence-corrected chi connectivity index (χ1v) is 23.2. The minimum Gasteiger partial charge on any atom is -0.462 e. The second kappa shape index (κ2) is 40.1. The first-order valence-electron chi connectivity index (χ1n) is 23.2. The van der Waals surface area contributed by atoms with Gasteiger partial charge < -0.3 is 14.2 Å². The predicted octanol–water partition coefficient (Wildman–Crippen LogP) is 14.6. The molecule has 0 aliphatic rings. The van der Waals surface area contributed by atoms with Crippen LogP contribution in [-0.2, 0) is 28.6 Å². The highest BCUT2D eigenvalue weighted by Gasteiger charge is 2.19. The summed E-state index contributed by atoms with van der Waals surface area (Å²) in [5.41, 5.74) is 0. The maximum atomic E-state index is 12.7. The molecule has 53 heavy (non-hydrogen) atoms. The minimum atomic E-state index is -0.759. The quantitative estimate of drug-likeness (QED) is 0.0352. The first kappa shape index (κ1) is 51.4. The molecule has 0 heterocycles. The van der Waals surface area contributed by atoms with Crippen molar-refractivity contribution in [2.24, 2.45) is 11.8 Å². The lowest BCUT2D eigenvalue weighted by Crippen LogP contribution is -2.30. The van der Waals surface area contributed by atoms with Crippen LogP contribution in [0.15, 0.2) is 0 Å². The molecule has 0 bridgehead atoms.